The molecule has 0 aromatic heterocycles. The molecule has 17 heavy (non-hydrogen) atoms. The van der Waals surface area contributed by atoms with E-state index in [1.54, 1.807) is 0 Å². The van der Waals surface area contributed by atoms with E-state index in [9.17, 15) is 5.11 Å². The minimum atomic E-state index is -0.651. The fourth-order valence-corrected chi connectivity index (χ4v) is 2.41. The number of aliphatic hydroxyl groups excluding tert-OH is 2. The molecule has 94 valence electrons. The molecule has 0 spiro atoms. The Bertz CT molecular complexity index is 367. The van der Waals surface area contributed by atoms with Gasteiger partial charge >= 0.3 is 0 Å². The van der Waals surface area contributed by atoms with Crippen LogP contribution in [-0.4, -0.2) is 40.9 Å². The van der Waals surface area contributed by atoms with Crippen molar-refractivity contribution in [3.8, 4) is 0 Å². The number of hydrogen-bond acceptors (Lipinski definition) is 4. The van der Waals surface area contributed by atoms with Gasteiger partial charge < -0.3 is 15.9 Å². The van der Waals surface area contributed by atoms with Gasteiger partial charge in [0.2, 0.25) is 0 Å². The van der Waals surface area contributed by atoms with Crippen molar-refractivity contribution in [3.05, 3.63) is 34.9 Å². The highest BCUT2D eigenvalue weighted by molar-refractivity contribution is 5.36. The van der Waals surface area contributed by atoms with E-state index in [1.165, 1.54) is 16.7 Å². The van der Waals surface area contributed by atoms with E-state index in [2.05, 4.69) is 23.1 Å². The van der Waals surface area contributed by atoms with E-state index >= 15 is 0 Å². The fraction of sp³-hybridized carbons (Fsp3) is 0.538. The number of nitrogens with two attached hydrogens (primary N) is 1. The van der Waals surface area contributed by atoms with Crippen LogP contribution in [0.4, 0.5) is 0 Å². The van der Waals surface area contributed by atoms with Crippen molar-refractivity contribution in [3.63, 3.8) is 0 Å². The van der Waals surface area contributed by atoms with E-state index < -0.39 is 6.10 Å². The lowest BCUT2D eigenvalue weighted by Crippen LogP contribution is -2.38. The minimum absolute atomic E-state index is 0.179. The Morgan fingerprint density at radius 3 is 2.94 bits per heavy atom. The Morgan fingerprint density at radius 2 is 2.24 bits per heavy atom. The van der Waals surface area contributed by atoms with Crippen LogP contribution in [0, 0.1) is 0 Å². The molecule has 1 aromatic carbocycles. The van der Waals surface area contributed by atoms with E-state index in [0.29, 0.717) is 13.1 Å². The van der Waals surface area contributed by atoms with Crippen molar-refractivity contribution < 1.29 is 10.2 Å². The molecule has 0 saturated carbocycles. The summed E-state index contributed by atoms with van der Waals surface area (Å²) in [5.41, 5.74) is 9.59. The molecule has 1 aliphatic heterocycles. The Balaban J connectivity index is 2.11. The number of benzene rings is 1. The molecular weight excluding hydrogens is 216 g/mol. The lowest BCUT2D eigenvalue weighted by molar-refractivity contribution is 0.0550. The van der Waals surface area contributed by atoms with Crippen LogP contribution in [0.5, 0.6) is 0 Å². The molecule has 0 radical (unpaired) electrons. The average Bonchev–Trinajstić information content (AvgIpc) is 2.37. The summed E-state index contributed by atoms with van der Waals surface area (Å²) in [4.78, 5) is 2.17. The quantitative estimate of drug-likeness (QED) is 0.680. The molecule has 0 bridgehead atoms. The third-order valence-corrected chi connectivity index (χ3v) is 3.35. The predicted molar refractivity (Wildman–Crippen MR) is 66.4 cm³/mol. The zero-order chi connectivity index (χ0) is 12.3. The number of nitrogens with zero attached hydrogens (tertiary/aromatic N) is 1. The molecule has 1 aromatic rings. The van der Waals surface area contributed by atoms with Gasteiger partial charge in [-0.1, -0.05) is 18.2 Å². The summed E-state index contributed by atoms with van der Waals surface area (Å²) < 4.78 is 0. The maximum absolute atomic E-state index is 9.47. The fourth-order valence-electron chi connectivity index (χ4n) is 2.41. The van der Waals surface area contributed by atoms with Crippen molar-refractivity contribution in [2.45, 2.75) is 25.6 Å². The summed E-state index contributed by atoms with van der Waals surface area (Å²) in [5, 5.41) is 18.3. The Hall–Kier alpha value is -0.940. The number of fused-ring (bicyclic) bond motifs is 1. The van der Waals surface area contributed by atoms with Crippen LogP contribution in [0.15, 0.2) is 18.2 Å². The third-order valence-electron chi connectivity index (χ3n) is 3.35. The third kappa shape index (κ3) is 2.84. The lowest BCUT2D eigenvalue weighted by Gasteiger charge is -2.31. The zero-order valence-electron chi connectivity index (χ0n) is 9.97. The molecule has 4 nitrogen and oxygen atoms in total. The number of hydrogen-bond donors (Lipinski definition) is 3. The van der Waals surface area contributed by atoms with Gasteiger partial charge in [0.05, 0.1) is 12.7 Å². The Morgan fingerprint density at radius 1 is 1.41 bits per heavy atom. The van der Waals surface area contributed by atoms with Gasteiger partial charge in [0, 0.05) is 26.2 Å². The van der Waals surface area contributed by atoms with Crippen LogP contribution in [0.1, 0.15) is 16.7 Å². The second-order valence-electron chi connectivity index (χ2n) is 4.58. The SMILES string of the molecule is NCc1cccc2c1CN(CC(O)CO)CC2. The van der Waals surface area contributed by atoms with Gasteiger partial charge in [-0.3, -0.25) is 4.90 Å². The molecule has 4 N–H and O–H groups in total. The van der Waals surface area contributed by atoms with Gasteiger partial charge in [-0.25, -0.2) is 0 Å². The van der Waals surface area contributed by atoms with Gasteiger partial charge in [0.1, 0.15) is 0 Å². The normalized spacial score (nSPS) is 17.8. The van der Waals surface area contributed by atoms with Crippen molar-refractivity contribution in [1.29, 1.82) is 0 Å². The molecule has 0 amide bonds. The van der Waals surface area contributed by atoms with E-state index in [0.717, 1.165) is 19.5 Å². The molecule has 0 saturated heterocycles. The molecular formula is C13H20N2O2. The highest BCUT2D eigenvalue weighted by atomic mass is 16.3. The first-order valence-electron chi connectivity index (χ1n) is 6.05. The second kappa shape index (κ2) is 5.60. The van der Waals surface area contributed by atoms with Gasteiger partial charge in [-0.2, -0.15) is 0 Å². The second-order valence-corrected chi connectivity index (χ2v) is 4.58. The molecule has 1 aliphatic rings. The molecule has 4 heteroatoms. The minimum Gasteiger partial charge on any atom is -0.394 e. The molecule has 1 atom stereocenters. The monoisotopic (exact) mass is 236 g/mol. The number of β-amino-alcohol motifs (C(OH)–C–C–N with tert-alkyl or cyclic N) is 1. The van der Waals surface area contributed by atoms with Gasteiger partial charge in [-0.15, -0.1) is 0 Å². The van der Waals surface area contributed by atoms with Crippen LogP contribution in [-0.2, 0) is 19.5 Å². The molecule has 1 unspecified atom stereocenters. The van der Waals surface area contributed by atoms with Crippen LogP contribution in [0.3, 0.4) is 0 Å². The van der Waals surface area contributed by atoms with Crippen LogP contribution < -0.4 is 5.73 Å². The summed E-state index contributed by atoms with van der Waals surface area (Å²) >= 11 is 0. The van der Waals surface area contributed by atoms with Crippen molar-refractivity contribution in [2.24, 2.45) is 5.73 Å². The van der Waals surface area contributed by atoms with Crippen molar-refractivity contribution in [2.75, 3.05) is 19.7 Å². The van der Waals surface area contributed by atoms with Crippen LogP contribution in [0.25, 0.3) is 0 Å². The molecule has 1 heterocycles. The van der Waals surface area contributed by atoms with Crippen LogP contribution in [0.2, 0.25) is 0 Å². The summed E-state index contributed by atoms with van der Waals surface area (Å²) in [6.45, 7) is 2.65. The maximum atomic E-state index is 9.47. The largest absolute Gasteiger partial charge is 0.394 e. The number of rotatable bonds is 4. The lowest BCUT2D eigenvalue weighted by atomic mass is 9.95. The van der Waals surface area contributed by atoms with Gasteiger partial charge in [0.15, 0.2) is 0 Å². The maximum Gasteiger partial charge on any atom is 0.0897 e. The summed E-state index contributed by atoms with van der Waals surface area (Å²) in [7, 11) is 0. The van der Waals surface area contributed by atoms with E-state index in [4.69, 9.17) is 10.8 Å². The summed E-state index contributed by atoms with van der Waals surface area (Å²) in [6, 6.07) is 6.26. The Kier molecular flexibility index (Phi) is 4.12. The molecule has 2 rings (SSSR count). The van der Waals surface area contributed by atoms with E-state index in [-0.39, 0.29) is 6.61 Å². The van der Waals surface area contributed by atoms with Gasteiger partial charge in [0.25, 0.3) is 0 Å². The molecule has 0 fully saturated rings. The standard InChI is InChI=1S/C13H20N2O2/c14-6-11-3-1-2-10-4-5-15(8-13(10)11)7-12(17)9-16/h1-3,12,16-17H,4-9,14H2. The average molecular weight is 236 g/mol. The first-order valence-corrected chi connectivity index (χ1v) is 6.05. The highest BCUT2D eigenvalue weighted by Gasteiger charge is 2.19. The first-order chi connectivity index (χ1) is 8.24. The number of aliphatic hydroxyl groups is 2. The smallest absolute Gasteiger partial charge is 0.0897 e. The van der Waals surface area contributed by atoms with Crippen molar-refractivity contribution in [1.82, 2.24) is 4.90 Å². The van der Waals surface area contributed by atoms with E-state index in [1.807, 2.05) is 0 Å². The zero-order valence-corrected chi connectivity index (χ0v) is 9.97. The summed E-state index contributed by atoms with van der Waals surface area (Å²) in [5.74, 6) is 0. The molecule has 0 aliphatic carbocycles. The summed E-state index contributed by atoms with van der Waals surface area (Å²) in [6.07, 6.45) is 0.336. The first kappa shape index (κ1) is 12.5. The Labute approximate surface area is 102 Å². The highest BCUT2D eigenvalue weighted by Crippen LogP contribution is 2.22. The van der Waals surface area contributed by atoms with Crippen LogP contribution >= 0.6 is 0 Å². The van der Waals surface area contributed by atoms with Gasteiger partial charge in [-0.05, 0) is 23.1 Å². The predicted octanol–water partition coefficient (Wildman–Crippen LogP) is -0.143. The van der Waals surface area contributed by atoms with Crippen molar-refractivity contribution >= 4 is 0 Å². The topological polar surface area (TPSA) is 69.7 Å².